The van der Waals surface area contributed by atoms with Crippen molar-refractivity contribution < 1.29 is 9.18 Å². The quantitative estimate of drug-likeness (QED) is 0.849. The fourth-order valence-electron chi connectivity index (χ4n) is 2.90. The van der Waals surface area contributed by atoms with Crippen LogP contribution in [0.25, 0.3) is 0 Å². The molecule has 132 valence electrons. The van der Waals surface area contributed by atoms with Crippen LogP contribution < -0.4 is 10.2 Å². The molecule has 0 aliphatic carbocycles. The van der Waals surface area contributed by atoms with Crippen molar-refractivity contribution in [2.24, 2.45) is 0 Å². The summed E-state index contributed by atoms with van der Waals surface area (Å²) in [5.74, 6) is -0.341. The van der Waals surface area contributed by atoms with Crippen molar-refractivity contribution in [1.29, 1.82) is 0 Å². The highest BCUT2D eigenvalue weighted by Gasteiger charge is 2.26. The van der Waals surface area contributed by atoms with Crippen LogP contribution in [0.4, 0.5) is 15.8 Å². The van der Waals surface area contributed by atoms with E-state index in [-0.39, 0.29) is 22.9 Å². The number of benzene rings is 1. The summed E-state index contributed by atoms with van der Waals surface area (Å²) in [6.45, 7) is 4.97. The Morgan fingerprint density at radius 3 is 2.52 bits per heavy atom. The van der Waals surface area contributed by atoms with Crippen LogP contribution in [0.15, 0.2) is 42.6 Å². The van der Waals surface area contributed by atoms with Gasteiger partial charge in [0, 0.05) is 38.1 Å². The molecule has 1 N–H and O–H groups in total. The maximum Gasteiger partial charge on any atom is 0.241 e. The molecule has 1 unspecified atom stereocenters. The first-order valence-corrected chi connectivity index (χ1v) is 8.58. The van der Waals surface area contributed by atoms with Crippen LogP contribution in [0.2, 0.25) is 5.15 Å². The molecular weight excluding hydrogens is 343 g/mol. The van der Waals surface area contributed by atoms with Crippen LogP contribution in [-0.2, 0) is 4.79 Å². The van der Waals surface area contributed by atoms with Gasteiger partial charge >= 0.3 is 0 Å². The molecule has 7 heteroatoms. The SMILES string of the molecule is CC(C(=O)Nc1cccnc1Cl)N1CCN(c2ccc(F)cc2)CC1. The second-order valence-electron chi connectivity index (χ2n) is 6.01. The van der Waals surface area contributed by atoms with Gasteiger partial charge < -0.3 is 10.2 Å². The lowest BCUT2D eigenvalue weighted by Gasteiger charge is -2.38. The monoisotopic (exact) mass is 362 g/mol. The molecule has 1 aromatic heterocycles. The summed E-state index contributed by atoms with van der Waals surface area (Å²) >= 11 is 5.98. The number of aromatic nitrogens is 1. The second-order valence-corrected chi connectivity index (χ2v) is 6.36. The molecule has 1 atom stereocenters. The summed E-state index contributed by atoms with van der Waals surface area (Å²) in [5, 5.41) is 3.11. The minimum atomic E-state index is -0.272. The van der Waals surface area contributed by atoms with Gasteiger partial charge in [0.25, 0.3) is 0 Å². The van der Waals surface area contributed by atoms with E-state index in [2.05, 4.69) is 20.1 Å². The maximum absolute atomic E-state index is 13.0. The zero-order chi connectivity index (χ0) is 17.8. The highest BCUT2D eigenvalue weighted by atomic mass is 35.5. The molecule has 0 saturated carbocycles. The number of carbonyl (C=O) groups excluding carboxylic acids is 1. The lowest BCUT2D eigenvalue weighted by molar-refractivity contribution is -0.120. The molecule has 3 rings (SSSR count). The molecule has 25 heavy (non-hydrogen) atoms. The third kappa shape index (κ3) is 4.27. The number of hydrogen-bond acceptors (Lipinski definition) is 4. The number of rotatable bonds is 4. The molecule has 0 spiro atoms. The van der Waals surface area contributed by atoms with Crippen molar-refractivity contribution in [2.75, 3.05) is 36.4 Å². The Morgan fingerprint density at radius 2 is 1.88 bits per heavy atom. The van der Waals surface area contributed by atoms with Gasteiger partial charge in [-0.1, -0.05) is 11.6 Å². The normalized spacial score (nSPS) is 16.5. The molecule has 1 saturated heterocycles. The van der Waals surface area contributed by atoms with Crippen molar-refractivity contribution >= 4 is 28.9 Å². The molecule has 5 nitrogen and oxygen atoms in total. The third-order valence-electron chi connectivity index (χ3n) is 4.45. The molecule has 1 amide bonds. The molecule has 2 aromatic rings. The first-order valence-electron chi connectivity index (χ1n) is 8.20. The highest BCUT2D eigenvalue weighted by Crippen LogP contribution is 2.20. The third-order valence-corrected chi connectivity index (χ3v) is 4.75. The average molecular weight is 363 g/mol. The van der Waals surface area contributed by atoms with Gasteiger partial charge in [0.05, 0.1) is 11.7 Å². The zero-order valence-corrected chi connectivity index (χ0v) is 14.7. The summed E-state index contributed by atoms with van der Waals surface area (Å²) in [5.41, 5.74) is 1.52. The molecule has 2 heterocycles. The fourth-order valence-corrected chi connectivity index (χ4v) is 3.07. The maximum atomic E-state index is 13.0. The van der Waals surface area contributed by atoms with E-state index in [9.17, 15) is 9.18 Å². The van der Waals surface area contributed by atoms with E-state index in [0.29, 0.717) is 5.69 Å². The van der Waals surface area contributed by atoms with E-state index in [4.69, 9.17) is 11.6 Å². The first kappa shape index (κ1) is 17.6. The molecule has 1 aliphatic heterocycles. The number of hydrogen-bond donors (Lipinski definition) is 1. The van der Waals surface area contributed by atoms with Gasteiger partial charge in [-0.05, 0) is 43.3 Å². The lowest BCUT2D eigenvalue weighted by atomic mass is 10.2. The minimum absolute atomic E-state index is 0.106. The minimum Gasteiger partial charge on any atom is -0.369 e. The topological polar surface area (TPSA) is 48.5 Å². The zero-order valence-electron chi connectivity index (χ0n) is 14.0. The molecule has 1 aromatic carbocycles. The van der Waals surface area contributed by atoms with Crippen LogP contribution in [0.1, 0.15) is 6.92 Å². The Bertz CT molecular complexity index is 732. The summed E-state index contributed by atoms with van der Waals surface area (Å²) in [6.07, 6.45) is 1.58. The summed E-state index contributed by atoms with van der Waals surface area (Å²) in [6, 6.07) is 9.69. The fraction of sp³-hybridized carbons (Fsp3) is 0.333. The van der Waals surface area contributed by atoms with Gasteiger partial charge in [0.15, 0.2) is 5.15 Å². The van der Waals surface area contributed by atoms with E-state index >= 15 is 0 Å². The number of piperazine rings is 1. The average Bonchev–Trinajstić information content (AvgIpc) is 2.64. The van der Waals surface area contributed by atoms with Crippen LogP contribution in [-0.4, -0.2) is 48.0 Å². The van der Waals surface area contributed by atoms with Crippen LogP contribution >= 0.6 is 11.6 Å². The predicted octanol–water partition coefficient (Wildman–Crippen LogP) is 3.02. The smallest absolute Gasteiger partial charge is 0.241 e. The van der Waals surface area contributed by atoms with E-state index < -0.39 is 0 Å². The Hall–Kier alpha value is -2.18. The van der Waals surface area contributed by atoms with Crippen molar-refractivity contribution in [3.63, 3.8) is 0 Å². The highest BCUT2D eigenvalue weighted by molar-refractivity contribution is 6.32. The second kappa shape index (κ2) is 7.80. The number of amides is 1. The van der Waals surface area contributed by atoms with Gasteiger partial charge in [-0.15, -0.1) is 0 Å². The van der Waals surface area contributed by atoms with Gasteiger partial charge in [-0.2, -0.15) is 0 Å². The molecule has 1 fully saturated rings. The lowest BCUT2D eigenvalue weighted by Crippen LogP contribution is -2.52. The van der Waals surface area contributed by atoms with Crippen LogP contribution in [0, 0.1) is 5.82 Å². The summed E-state index contributed by atoms with van der Waals surface area (Å²) in [7, 11) is 0. The molecule has 0 bridgehead atoms. The first-order chi connectivity index (χ1) is 12.0. The Morgan fingerprint density at radius 1 is 1.20 bits per heavy atom. The number of pyridine rings is 1. The summed E-state index contributed by atoms with van der Waals surface area (Å²) in [4.78, 5) is 20.7. The largest absolute Gasteiger partial charge is 0.369 e. The van der Waals surface area contributed by atoms with Crippen LogP contribution in [0.5, 0.6) is 0 Å². The van der Waals surface area contributed by atoms with Gasteiger partial charge in [0.1, 0.15) is 5.82 Å². The van der Waals surface area contributed by atoms with E-state index in [1.165, 1.54) is 12.1 Å². The van der Waals surface area contributed by atoms with Crippen LogP contribution in [0.3, 0.4) is 0 Å². The van der Waals surface area contributed by atoms with Crippen molar-refractivity contribution in [2.45, 2.75) is 13.0 Å². The van der Waals surface area contributed by atoms with Crippen molar-refractivity contribution in [1.82, 2.24) is 9.88 Å². The van der Waals surface area contributed by atoms with Gasteiger partial charge in [-0.25, -0.2) is 9.37 Å². The Balaban J connectivity index is 1.56. The Kier molecular flexibility index (Phi) is 5.50. The molecule has 1 aliphatic rings. The predicted molar refractivity (Wildman–Crippen MR) is 97.5 cm³/mol. The van der Waals surface area contributed by atoms with E-state index in [1.807, 2.05) is 6.92 Å². The number of anilines is 2. The number of carbonyl (C=O) groups is 1. The van der Waals surface area contributed by atoms with E-state index in [0.717, 1.165) is 31.9 Å². The summed E-state index contributed by atoms with van der Waals surface area (Å²) < 4.78 is 13.0. The molecular formula is C18H20ClFN4O. The number of nitrogens with one attached hydrogen (secondary N) is 1. The van der Waals surface area contributed by atoms with Gasteiger partial charge in [0.2, 0.25) is 5.91 Å². The molecule has 0 radical (unpaired) electrons. The van der Waals surface area contributed by atoms with E-state index in [1.54, 1.807) is 30.5 Å². The number of nitrogens with zero attached hydrogens (tertiary/aromatic N) is 3. The standard InChI is InChI=1S/C18H20ClFN4O/c1-13(18(25)22-16-3-2-8-21-17(16)19)23-9-11-24(12-10-23)15-6-4-14(20)5-7-15/h2-8,13H,9-12H2,1H3,(H,22,25). The van der Waals surface area contributed by atoms with Crippen molar-refractivity contribution in [3.8, 4) is 0 Å². The van der Waals surface area contributed by atoms with Crippen molar-refractivity contribution in [3.05, 3.63) is 53.6 Å². The Labute approximate surface area is 151 Å². The number of halogens is 2. The van der Waals surface area contributed by atoms with Gasteiger partial charge in [-0.3, -0.25) is 9.69 Å².